The summed E-state index contributed by atoms with van der Waals surface area (Å²) >= 11 is 0. The van der Waals surface area contributed by atoms with Gasteiger partial charge in [0.2, 0.25) is 0 Å². The van der Waals surface area contributed by atoms with Gasteiger partial charge in [0, 0.05) is 23.9 Å². The first-order chi connectivity index (χ1) is 6.75. The predicted molar refractivity (Wildman–Crippen MR) is 60.2 cm³/mol. The molecule has 1 heterocycles. The number of rotatable bonds is 5. The Kier molecular flexibility index (Phi) is 4.60. The van der Waals surface area contributed by atoms with Crippen molar-refractivity contribution in [1.29, 1.82) is 0 Å². The molecule has 1 aromatic rings. The third-order valence-electron chi connectivity index (χ3n) is 2.69. The fourth-order valence-electron chi connectivity index (χ4n) is 1.55. The van der Waals surface area contributed by atoms with Gasteiger partial charge < -0.3 is 5.73 Å². The normalized spacial score (nSPS) is 15.1. The van der Waals surface area contributed by atoms with Crippen LogP contribution >= 0.6 is 0 Å². The van der Waals surface area contributed by atoms with E-state index in [1.54, 1.807) is 0 Å². The van der Waals surface area contributed by atoms with Gasteiger partial charge in [-0.25, -0.2) is 0 Å². The van der Waals surface area contributed by atoms with Crippen LogP contribution in [-0.2, 0) is 0 Å². The van der Waals surface area contributed by atoms with Gasteiger partial charge in [-0.3, -0.25) is 4.98 Å². The lowest BCUT2D eigenvalue weighted by atomic mass is 9.94. The molecule has 78 valence electrons. The molecule has 0 aliphatic heterocycles. The van der Waals surface area contributed by atoms with Crippen molar-refractivity contribution in [1.82, 2.24) is 4.98 Å². The highest BCUT2D eigenvalue weighted by Crippen LogP contribution is 2.18. The minimum absolute atomic E-state index is 0.241. The smallest absolute Gasteiger partial charge is 0.0447 e. The molecule has 0 amide bonds. The zero-order chi connectivity index (χ0) is 10.4. The molecule has 2 N–H and O–H groups in total. The SMILES string of the molecule is CCCCC(N)C(C)c1ccccn1. The van der Waals surface area contributed by atoms with E-state index in [1.807, 2.05) is 18.3 Å². The molecular weight excluding hydrogens is 172 g/mol. The summed E-state index contributed by atoms with van der Waals surface area (Å²) in [5, 5.41) is 0. The Hall–Kier alpha value is -0.890. The molecular formula is C12H20N2. The largest absolute Gasteiger partial charge is 0.327 e. The Labute approximate surface area is 86.5 Å². The van der Waals surface area contributed by atoms with Crippen molar-refractivity contribution in [2.75, 3.05) is 0 Å². The Morgan fingerprint density at radius 3 is 2.79 bits per heavy atom. The van der Waals surface area contributed by atoms with E-state index in [0.717, 1.165) is 12.1 Å². The van der Waals surface area contributed by atoms with Crippen LogP contribution < -0.4 is 5.73 Å². The maximum atomic E-state index is 6.10. The van der Waals surface area contributed by atoms with Crippen molar-refractivity contribution >= 4 is 0 Å². The van der Waals surface area contributed by atoms with E-state index in [9.17, 15) is 0 Å². The predicted octanol–water partition coefficient (Wildman–Crippen LogP) is 2.70. The minimum atomic E-state index is 0.241. The first-order valence-corrected chi connectivity index (χ1v) is 5.42. The van der Waals surface area contributed by atoms with E-state index in [-0.39, 0.29) is 6.04 Å². The lowest BCUT2D eigenvalue weighted by Crippen LogP contribution is -2.27. The maximum Gasteiger partial charge on any atom is 0.0447 e. The molecule has 0 aliphatic rings. The zero-order valence-corrected chi connectivity index (χ0v) is 9.11. The van der Waals surface area contributed by atoms with Gasteiger partial charge in [0.15, 0.2) is 0 Å². The van der Waals surface area contributed by atoms with Crippen molar-refractivity contribution in [2.45, 2.75) is 45.1 Å². The molecule has 0 bridgehead atoms. The Balaban J connectivity index is 2.52. The molecule has 0 fully saturated rings. The Bertz CT molecular complexity index is 246. The van der Waals surface area contributed by atoms with Gasteiger partial charge in [-0.05, 0) is 18.6 Å². The molecule has 2 unspecified atom stereocenters. The Morgan fingerprint density at radius 1 is 1.43 bits per heavy atom. The number of unbranched alkanes of at least 4 members (excludes halogenated alkanes) is 1. The molecule has 2 heteroatoms. The summed E-state index contributed by atoms with van der Waals surface area (Å²) in [6.07, 6.45) is 5.34. The molecule has 1 aromatic heterocycles. The fraction of sp³-hybridized carbons (Fsp3) is 0.583. The maximum absolute atomic E-state index is 6.10. The first kappa shape index (κ1) is 11.2. The van der Waals surface area contributed by atoms with E-state index < -0.39 is 0 Å². The number of pyridine rings is 1. The second kappa shape index (κ2) is 5.76. The molecule has 14 heavy (non-hydrogen) atoms. The molecule has 0 saturated heterocycles. The number of nitrogens with two attached hydrogens (primary N) is 1. The molecule has 2 nitrogen and oxygen atoms in total. The zero-order valence-electron chi connectivity index (χ0n) is 9.11. The van der Waals surface area contributed by atoms with Crippen molar-refractivity contribution in [3.8, 4) is 0 Å². The first-order valence-electron chi connectivity index (χ1n) is 5.42. The quantitative estimate of drug-likeness (QED) is 0.779. The molecule has 0 spiro atoms. The monoisotopic (exact) mass is 192 g/mol. The summed E-state index contributed by atoms with van der Waals surface area (Å²) in [7, 11) is 0. The highest BCUT2D eigenvalue weighted by molar-refractivity contribution is 5.10. The second-order valence-electron chi connectivity index (χ2n) is 3.85. The molecule has 0 aromatic carbocycles. The average molecular weight is 192 g/mol. The van der Waals surface area contributed by atoms with E-state index in [4.69, 9.17) is 5.73 Å². The number of hydrogen-bond donors (Lipinski definition) is 1. The van der Waals surface area contributed by atoms with Crippen molar-refractivity contribution in [3.05, 3.63) is 30.1 Å². The van der Waals surface area contributed by atoms with Crippen molar-refractivity contribution in [3.63, 3.8) is 0 Å². The second-order valence-corrected chi connectivity index (χ2v) is 3.85. The Morgan fingerprint density at radius 2 is 2.21 bits per heavy atom. The molecule has 0 aliphatic carbocycles. The van der Waals surface area contributed by atoms with Crippen LogP contribution in [0.1, 0.15) is 44.7 Å². The summed E-state index contributed by atoms with van der Waals surface area (Å²) in [6, 6.07) is 6.25. The van der Waals surface area contributed by atoms with Crippen LogP contribution in [0.15, 0.2) is 24.4 Å². The van der Waals surface area contributed by atoms with Gasteiger partial charge in [0.05, 0.1) is 0 Å². The fourth-order valence-corrected chi connectivity index (χ4v) is 1.55. The lowest BCUT2D eigenvalue weighted by Gasteiger charge is -2.18. The molecule has 2 atom stereocenters. The summed E-state index contributed by atoms with van der Waals surface area (Å²) in [6.45, 7) is 4.35. The van der Waals surface area contributed by atoms with Crippen LogP contribution in [0.3, 0.4) is 0 Å². The summed E-state index contributed by atoms with van der Waals surface area (Å²) in [5.74, 6) is 0.364. The van der Waals surface area contributed by atoms with Crippen molar-refractivity contribution in [2.24, 2.45) is 5.73 Å². The van der Waals surface area contributed by atoms with Crippen LogP contribution in [0.2, 0.25) is 0 Å². The number of aromatic nitrogens is 1. The van der Waals surface area contributed by atoms with Crippen LogP contribution in [0.5, 0.6) is 0 Å². The summed E-state index contributed by atoms with van der Waals surface area (Å²) in [4.78, 5) is 4.33. The standard InChI is InChI=1S/C12H20N2/c1-3-4-7-11(13)10(2)12-8-5-6-9-14-12/h5-6,8-11H,3-4,7,13H2,1-2H3. The lowest BCUT2D eigenvalue weighted by molar-refractivity contribution is 0.499. The van der Waals surface area contributed by atoms with Crippen molar-refractivity contribution < 1.29 is 0 Å². The topological polar surface area (TPSA) is 38.9 Å². The summed E-state index contributed by atoms with van der Waals surface area (Å²) in [5.41, 5.74) is 7.20. The van der Waals surface area contributed by atoms with Crippen LogP contribution in [0, 0.1) is 0 Å². The van der Waals surface area contributed by atoms with Gasteiger partial charge in [-0.2, -0.15) is 0 Å². The molecule has 0 radical (unpaired) electrons. The highest BCUT2D eigenvalue weighted by atomic mass is 14.7. The molecule has 0 saturated carbocycles. The van der Waals surface area contributed by atoms with Gasteiger partial charge in [0.1, 0.15) is 0 Å². The van der Waals surface area contributed by atoms with Crippen LogP contribution in [0.4, 0.5) is 0 Å². The van der Waals surface area contributed by atoms with Gasteiger partial charge in [-0.1, -0.05) is 32.8 Å². The highest BCUT2D eigenvalue weighted by Gasteiger charge is 2.14. The minimum Gasteiger partial charge on any atom is -0.327 e. The van der Waals surface area contributed by atoms with E-state index >= 15 is 0 Å². The third kappa shape index (κ3) is 3.11. The number of nitrogens with zero attached hydrogens (tertiary/aromatic N) is 1. The van der Waals surface area contributed by atoms with E-state index in [2.05, 4.69) is 24.9 Å². The van der Waals surface area contributed by atoms with E-state index in [1.165, 1.54) is 12.8 Å². The van der Waals surface area contributed by atoms with Gasteiger partial charge in [-0.15, -0.1) is 0 Å². The number of hydrogen-bond acceptors (Lipinski definition) is 2. The summed E-state index contributed by atoms with van der Waals surface area (Å²) < 4.78 is 0. The van der Waals surface area contributed by atoms with Gasteiger partial charge >= 0.3 is 0 Å². The van der Waals surface area contributed by atoms with E-state index in [0.29, 0.717) is 5.92 Å². The van der Waals surface area contributed by atoms with Crippen LogP contribution in [-0.4, -0.2) is 11.0 Å². The van der Waals surface area contributed by atoms with Gasteiger partial charge in [0.25, 0.3) is 0 Å². The molecule has 1 rings (SSSR count). The third-order valence-corrected chi connectivity index (χ3v) is 2.69. The van der Waals surface area contributed by atoms with Crippen LogP contribution in [0.25, 0.3) is 0 Å². The average Bonchev–Trinajstić information content (AvgIpc) is 2.26.